The largest absolute Gasteiger partial charge is 0.494 e. The third-order valence-corrected chi connectivity index (χ3v) is 6.40. The molecule has 0 fully saturated rings. The Morgan fingerprint density at radius 3 is 2.78 bits per heavy atom. The molecule has 0 amide bonds. The molecule has 2 aromatic carbocycles. The van der Waals surface area contributed by atoms with Crippen molar-refractivity contribution in [3.05, 3.63) is 70.9 Å². The summed E-state index contributed by atoms with van der Waals surface area (Å²) in [6.45, 7) is 5.28. The molecule has 0 saturated heterocycles. The Hall–Kier alpha value is -3.45. The summed E-state index contributed by atoms with van der Waals surface area (Å²) in [6.07, 6.45) is 2.35. The lowest BCUT2D eigenvalue weighted by Crippen LogP contribution is -2.07. The Balaban J connectivity index is 1.47. The monoisotopic (exact) mass is 447 g/mol. The number of anilines is 1. The topological polar surface area (TPSA) is 84.3 Å². The first-order valence-corrected chi connectivity index (χ1v) is 11.4. The van der Waals surface area contributed by atoms with Gasteiger partial charge in [-0.3, -0.25) is 4.79 Å². The van der Waals surface area contributed by atoms with Crippen LogP contribution in [0, 0.1) is 6.92 Å². The highest BCUT2D eigenvalue weighted by Gasteiger charge is 2.11. The van der Waals surface area contributed by atoms with Gasteiger partial charge in [0.1, 0.15) is 17.9 Å². The Kier molecular flexibility index (Phi) is 6.66. The van der Waals surface area contributed by atoms with E-state index < -0.39 is 5.97 Å². The van der Waals surface area contributed by atoms with Crippen molar-refractivity contribution < 1.29 is 14.6 Å². The van der Waals surface area contributed by atoms with Crippen LogP contribution in [-0.4, -0.2) is 34.2 Å². The molecule has 2 N–H and O–H groups in total. The summed E-state index contributed by atoms with van der Waals surface area (Å²) < 4.78 is 7.01. The van der Waals surface area contributed by atoms with Crippen LogP contribution in [0.1, 0.15) is 23.6 Å². The zero-order chi connectivity index (χ0) is 22.5. The summed E-state index contributed by atoms with van der Waals surface area (Å²) in [5.41, 5.74) is 4.92. The molecule has 0 saturated carbocycles. The number of nitrogens with one attached hydrogen (secondary N) is 1. The van der Waals surface area contributed by atoms with E-state index in [1.807, 2.05) is 25.1 Å². The van der Waals surface area contributed by atoms with Crippen molar-refractivity contribution in [2.24, 2.45) is 0 Å². The SMILES string of the molecule is CCOc1cc(-c2cc(NCCc3ccc4ccsc4c3C)ncn2)ccc1CC(=O)O. The standard InChI is InChI=1S/C25H25N3O3S/c1-3-31-22-12-19(6-7-20(22)13-24(29)30)21-14-23(28-15-27-21)26-10-8-17-4-5-18-9-11-32-25(18)16(17)2/h4-7,9,11-12,14-15H,3,8,10,13H2,1-2H3,(H,29,30)(H,26,27,28). The molecule has 0 radical (unpaired) electrons. The second-order valence-electron chi connectivity index (χ2n) is 7.48. The van der Waals surface area contributed by atoms with Gasteiger partial charge in [-0.15, -0.1) is 11.3 Å². The number of hydrogen-bond donors (Lipinski definition) is 2. The summed E-state index contributed by atoms with van der Waals surface area (Å²) in [5.74, 6) is 0.429. The lowest BCUT2D eigenvalue weighted by molar-refractivity contribution is -0.136. The van der Waals surface area contributed by atoms with Gasteiger partial charge in [0.25, 0.3) is 0 Å². The highest BCUT2D eigenvalue weighted by molar-refractivity contribution is 7.17. The third-order valence-electron chi connectivity index (χ3n) is 5.35. The first-order valence-electron chi connectivity index (χ1n) is 10.5. The van der Waals surface area contributed by atoms with Gasteiger partial charge < -0.3 is 15.2 Å². The molecule has 0 aliphatic rings. The maximum Gasteiger partial charge on any atom is 0.307 e. The maximum atomic E-state index is 11.1. The summed E-state index contributed by atoms with van der Waals surface area (Å²) in [4.78, 5) is 19.9. The maximum absolute atomic E-state index is 11.1. The Bertz CT molecular complexity index is 1250. The van der Waals surface area contributed by atoms with Gasteiger partial charge in [0.15, 0.2) is 0 Å². The first kappa shape index (κ1) is 21.8. The second-order valence-corrected chi connectivity index (χ2v) is 8.40. The van der Waals surface area contributed by atoms with Gasteiger partial charge in [0, 0.05) is 28.4 Å². The number of rotatable bonds is 9. The molecule has 0 aliphatic carbocycles. The van der Waals surface area contributed by atoms with Gasteiger partial charge in [0.2, 0.25) is 0 Å². The Morgan fingerprint density at radius 2 is 1.97 bits per heavy atom. The van der Waals surface area contributed by atoms with Crippen LogP contribution in [-0.2, 0) is 17.6 Å². The van der Waals surface area contributed by atoms with E-state index in [-0.39, 0.29) is 6.42 Å². The smallest absolute Gasteiger partial charge is 0.307 e. The number of hydrogen-bond acceptors (Lipinski definition) is 6. The lowest BCUT2D eigenvalue weighted by atomic mass is 10.0. The van der Waals surface area contributed by atoms with E-state index in [2.05, 4.69) is 45.8 Å². The minimum Gasteiger partial charge on any atom is -0.494 e. The van der Waals surface area contributed by atoms with Gasteiger partial charge in [-0.2, -0.15) is 0 Å². The van der Waals surface area contributed by atoms with E-state index in [1.54, 1.807) is 17.4 Å². The van der Waals surface area contributed by atoms with E-state index in [9.17, 15) is 4.79 Å². The molecular formula is C25H25N3O3S. The van der Waals surface area contributed by atoms with Crippen molar-refractivity contribution in [2.45, 2.75) is 26.7 Å². The van der Waals surface area contributed by atoms with Gasteiger partial charge in [-0.05, 0) is 54.3 Å². The van der Waals surface area contributed by atoms with E-state index in [0.29, 0.717) is 17.9 Å². The van der Waals surface area contributed by atoms with Gasteiger partial charge in [0.05, 0.1) is 18.7 Å². The number of fused-ring (bicyclic) bond motifs is 1. The average molecular weight is 448 g/mol. The molecule has 0 atom stereocenters. The van der Waals surface area contributed by atoms with Gasteiger partial charge in [-0.25, -0.2) is 9.97 Å². The van der Waals surface area contributed by atoms with Gasteiger partial charge in [-0.1, -0.05) is 24.3 Å². The van der Waals surface area contributed by atoms with Gasteiger partial charge >= 0.3 is 5.97 Å². The molecule has 0 unspecified atom stereocenters. The lowest BCUT2D eigenvalue weighted by Gasteiger charge is -2.12. The number of carbonyl (C=O) groups is 1. The summed E-state index contributed by atoms with van der Waals surface area (Å²) >= 11 is 1.78. The minimum atomic E-state index is -0.888. The fourth-order valence-corrected chi connectivity index (χ4v) is 4.67. The van der Waals surface area contributed by atoms with Crippen molar-refractivity contribution in [3.63, 3.8) is 0 Å². The summed E-state index contributed by atoms with van der Waals surface area (Å²) in [5, 5.41) is 15.9. The van der Waals surface area contributed by atoms with Crippen LogP contribution >= 0.6 is 11.3 Å². The normalized spacial score (nSPS) is 10.9. The highest BCUT2D eigenvalue weighted by Crippen LogP contribution is 2.29. The molecule has 7 heteroatoms. The van der Waals surface area contributed by atoms with Crippen molar-refractivity contribution in [2.75, 3.05) is 18.5 Å². The number of aryl methyl sites for hydroxylation is 1. The van der Waals surface area contributed by atoms with Crippen molar-refractivity contribution in [1.82, 2.24) is 9.97 Å². The quantitative estimate of drug-likeness (QED) is 0.360. The molecule has 2 aromatic heterocycles. The van der Waals surface area contributed by atoms with Crippen molar-refractivity contribution in [3.8, 4) is 17.0 Å². The Morgan fingerprint density at radius 1 is 1.12 bits per heavy atom. The number of ether oxygens (including phenoxy) is 1. The fourth-order valence-electron chi connectivity index (χ4n) is 3.74. The number of aliphatic carboxylic acids is 1. The zero-order valence-electron chi connectivity index (χ0n) is 18.1. The first-order chi connectivity index (χ1) is 15.5. The van der Waals surface area contributed by atoms with Crippen LogP contribution in [0.2, 0.25) is 0 Å². The van der Waals surface area contributed by atoms with Crippen molar-refractivity contribution in [1.29, 1.82) is 0 Å². The minimum absolute atomic E-state index is 0.0805. The molecule has 4 aromatic rings. The molecule has 2 heterocycles. The number of nitrogens with zero attached hydrogens (tertiary/aromatic N) is 2. The van der Waals surface area contributed by atoms with Crippen LogP contribution in [0.5, 0.6) is 5.75 Å². The van der Waals surface area contributed by atoms with Crippen molar-refractivity contribution >= 4 is 33.2 Å². The number of benzene rings is 2. The molecule has 4 rings (SSSR count). The van der Waals surface area contributed by atoms with E-state index in [0.717, 1.165) is 30.0 Å². The fraction of sp³-hybridized carbons (Fsp3) is 0.240. The zero-order valence-corrected chi connectivity index (χ0v) is 18.9. The molecule has 164 valence electrons. The van der Waals surface area contributed by atoms with Crippen LogP contribution in [0.15, 0.2) is 54.2 Å². The number of thiophene rings is 1. The number of carboxylic acids is 1. The second kappa shape index (κ2) is 9.78. The molecule has 32 heavy (non-hydrogen) atoms. The molecular weight excluding hydrogens is 422 g/mol. The van der Waals surface area contributed by atoms with Crippen LogP contribution in [0.25, 0.3) is 21.3 Å². The van der Waals surface area contributed by atoms with E-state index in [1.165, 1.54) is 27.5 Å². The molecule has 6 nitrogen and oxygen atoms in total. The predicted molar refractivity (Wildman–Crippen MR) is 129 cm³/mol. The predicted octanol–water partition coefficient (Wildman–Crippen LogP) is 5.35. The molecule has 0 spiro atoms. The van der Waals surface area contributed by atoms with E-state index >= 15 is 0 Å². The molecule has 0 aliphatic heterocycles. The molecule has 0 bridgehead atoms. The van der Waals surface area contributed by atoms with E-state index in [4.69, 9.17) is 9.84 Å². The average Bonchev–Trinajstić information content (AvgIpc) is 3.26. The van der Waals surface area contributed by atoms with Crippen LogP contribution in [0.4, 0.5) is 5.82 Å². The Labute approximate surface area is 190 Å². The summed E-state index contributed by atoms with van der Waals surface area (Å²) in [6, 6.07) is 13.9. The number of carboxylic acid groups (broad SMARTS) is 1. The highest BCUT2D eigenvalue weighted by atomic mass is 32.1. The third kappa shape index (κ3) is 4.89. The van der Waals surface area contributed by atoms with Crippen LogP contribution < -0.4 is 10.1 Å². The van der Waals surface area contributed by atoms with Crippen LogP contribution in [0.3, 0.4) is 0 Å². The summed E-state index contributed by atoms with van der Waals surface area (Å²) in [7, 11) is 0. The number of aromatic nitrogens is 2.